The molecule has 1 spiro atoms. The molecule has 0 radical (unpaired) electrons. The van der Waals surface area contributed by atoms with Crippen LogP contribution in [0.2, 0.25) is 5.02 Å². The van der Waals surface area contributed by atoms with Crippen LogP contribution < -0.4 is 25.4 Å². The number of aliphatic hydroxyl groups is 1. The molecule has 7 rings (SSSR count). The van der Waals surface area contributed by atoms with Crippen molar-refractivity contribution in [2.75, 3.05) is 57.1 Å². The number of aromatic nitrogens is 3. The van der Waals surface area contributed by atoms with Gasteiger partial charge in [0.15, 0.2) is 5.82 Å². The molecule has 0 unspecified atom stereocenters. The molecule has 0 amide bonds. The summed E-state index contributed by atoms with van der Waals surface area (Å²) in [6.45, 7) is 1.91. The van der Waals surface area contributed by atoms with Gasteiger partial charge in [-0.1, -0.05) is 11.6 Å². The molecule has 2 atom stereocenters. The Morgan fingerprint density at radius 1 is 1.22 bits per heavy atom. The number of halogens is 6. The second-order valence-corrected chi connectivity index (χ2v) is 13.2. The highest BCUT2D eigenvalue weighted by atomic mass is 35.5. The van der Waals surface area contributed by atoms with Gasteiger partial charge in [-0.05, 0) is 38.6 Å². The molecule has 4 N–H and O–H groups in total. The number of ether oxygens (including phenoxy) is 2. The first-order valence-corrected chi connectivity index (χ1v) is 15.5. The third-order valence-electron chi connectivity index (χ3n) is 9.72. The molecule has 16 heteroatoms. The van der Waals surface area contributed by atoms with E-state index in [9.17, 15) is 22.7 Å². The van der Waals surface area contributed by atoms with E-state index in [1.165, 1.54) is 0 Å². The van der Waals surface area contributed by atoms with Gasteiger partial charge in [-0.3, -0.25) is 4.90 Å². The number of anilines is 2. The summed E-state index contributed by atoms with van der Waals surface area (Å²) in [7, 11) is 1.77. The van der Waals surface area contributed by atoms with Crippen molar-refractivity contribution in [3.8, 4) is 23.1 Å². The Morgan fingerprint density at radius 3 is 2.72 bits per heavy atom. The third-order valence-corrected chi connectivity index (χ3v) is 10.0. The molecule has 3 aliphatic heterocycles. The summed E-state index contributed by atoms with van der Waals surface area (Å²) in [6, 6.07) is 1.67. The van der Waals surface area contributed by atoms with Crippen molar-refractivity contribution < 1.29 is 36.5 Å². The van der Waals surface area contributed by atoms with Gasteiger partial charge < -0.3 is 30.5 Å². The second-order valence-electron chi connectivity index (χ2n) is 12.8. The summed E-state index contributed by atoms with van der Waals surface area (Å²) in [5.41, 5.74) is 1.36. The van der Waals surface area contributed by atoms with Crippen molar-refractivity contribution in [3.63, 3.8) is 0 Å². The van der Waals surface area contributed by atoms with Crippen LogP contribution in [0.25, 0.3) is 22.2 Å². The van der Waals surface area contributed by atoms with E-state index in [-0.39, 0.29) is 53.9 Å². The van der Waals surface area contributed by atoms with Crippen LogP contribution in [-0.4, -0.2) is 94.8 Å². The molecule has 2 aromatic heterocycles. The SMILES string of the molecule is CNCCN1c2nc(OC[C@@]34CCCN3C[C@H](F)C4)nc3c(F)c(-c4cc(N)cc(Cl)c4C(F)(F)F)nc(c23)OCC12CC(O)C2. The van der Waals surface area contributed by atoms with Gasteiger partial charge in [0.25, 0.3) is 0 Å². The Hall–Kier alpha value is -3.27. The lowest BCUT2D eigenvalue weighted by Gasteiger charge is -2.51. The van der Waals surface area contributed by atoms with Gasteiger partial charge in [0.05, 0.1) is 27.8 Å². The summed E-state index contributed by atoms with van der Waals surface area (Å²) in [6.07, 6.45) is -4.13. The van der Waals surface area contributed by atoms with Crippen LogP contribution in [0.4, 0.5) is 33.5 Å². The van der Waals surface area contributed by atoms with E-state index in [2.05, 4.69) is 20.2 Å². The van der Waals surface area contributed by atoms with Gasteiger partial charge in [-0.15, -0.1) is 0 Å². The number of aliphatic hydroxyl groups excluding tert-OH is 1. The average Bonchev–Trinajstić information content (AvgIpc) is 3.45. The van der Waals surface area contributed by atoms with E-state index in [1.54, 1.807) is 7.05 Å². The van der Waals surface area contributed by atoms with E-state index in [0.29, 0.717) is 38.9 Å². The molecular formula is C30H33ClF5N7O3. The lowest BCUT2D eigenvalue weighted by molar-refractivity contribution is -0.137. The number of rotatable bonds is 7. The normalized spacial score (nSPS) is 27.5. The monoisotopic (exact) mass is 669 g/mol. The van der Waals surface area contributed by atoms with Gasteiger partial charge in [0.1, 0.15) is 41.8 Å². The van der Waals surface area contributed by atoms with E-state index < -0.39 is 57.2 Å². The molecule has 4 aliphatic rings. The number of likely N-dealkylation sites (N-methyl/N-ethyl adjacent to an activating group) is 1. The van der Waals surface area contributed by atoms with Crippen molar-refractivity contribution in [3.05, 3.63) is 28.5 Å². The zero-order valence-corrected chi connectivity index (χ0v) is 25.7. The number of benzene rings is 1. The number of pyridine rings is 1. The Labute approximate surface area is 266 Å². The highest BCUT2D eigenvalue weighted by molar-refractivity contribution is 6.32. The van der Waals surface area contributed by atoms with Crippen LogP contribution in [-0.2, 0) is 6.18 Å². The second kappa shape index (κ2) is 11.2. The Morgan fingerprint density at radius 2 is 2.00 bits per heavy atom. The van der Waals surface area contributed by atoms with Crippen LogP contribution in [0.1, 0.15) is 37.7 Å². The fourth-order valence-corrected chi connectivity index (χ4v) is 7.96. The van der Waals surface area contributed by atoms with Crippen molar-refractivity contribution in [2.45, 2.75) is 61.6 Å². The number of alkyl halides is 4. The van der Waals surface area contributed by atoms with E-state index in [0.717, 1.165) is 25.1 Å². The lowest BCUT2D eigenvalue weighted by Crippen LogP contribution is -2.64. The first-order chi connectivity index (χ1) is 21.8. The third kappa shape index (κ3) is 5.06. The van der Waals surface area contributed by atoms with Gasteiger partial charge >= 0.3 is 12.2 Å². The van der Waals surface area contributed by atoms with Gasteiger partial charge in [-0.25, -0.2) is 13.8 Å². The molecule has 1 saturated carbocycles. The summed E-state index contributed by atoms with van der Waals surface area (Å²) in [5.74, 6) is -1.14. The largest absolute Gasteiger partial charge is 0.475 e. The molecule has 46 heavy (non-hydrogen) atoms. The molecule has 2 saturated heterocycles. The number of fused-ring (bicyclic) bond motifs is 1. The molecule has 10 nitrogen and oxygen atoms in total. The molecule has 1 aromatic carbocycles. The number of hydrogen-bond donors (Lipinski definition) is 3. The van der Waals surface area contributed by atoms with Crippen molar-refractivity contribution >= 4 is 34.0 Å². The minimum Gasteiger partial charge on any atom is -0.475 e. The predicted molar refractivity (Wildman–Crippen MR) is 160 cm³/mol. The zero-order chi connectivity index (χ0) is 32.6. The zero-order valence-electron chi connectivity index (χ0n) is 24.9. The minimum absolute atomic E-state index is 0.00668. The predicted octanol–water partition coefficient (Wildman–Crippen LogP) is 4.35. The Bertz CT molecular complexity index is 1690. The standard InChI is InChI=1S/C30H33ClF5N7O3/c1-38-4-6-43-25-20-24(40-27(41-25)46-13-28-3-2-5-42(28)12-15(32)9-28)22(33)23(39-26(20)45-14-29(43)10-17(44)11-29)18-7-16(37)8-19(31)21(18)30(34,35)36/h7-8,15,17,38,44H,2-6,9-14,37H2,1H3/t15-,17?,28+,29?/m1/s1. The number of nitrogen functional groups attached to an aromatic ring is 1. The maximum Gasteiger partial charge on any atom is 0.418 e. The van der Waals surface area contributed by atoms with Crippen LogP contribution in [0.15, 0.2) is 12.1 Å². The quantitative estimate of drug-likeness (QED) is 0.247. The maximum absolute atomic E-state index is 16.7. The van der Waals surface area contributed by atoms with Gasteiger partial charge in [0, 0.05) is 50.1 Å². The van der Waals surface area contributed by atoms with Crippen LogP contribution >= 0.6 is 11.6 Å². The molecule has 5 heterocycles. The average molecular weight is 670 g/mol. The minimum atomic E-state index is -4.97. The van der Waals surface area contributed by atoms with E-state index in [1.807, 2.05) is 4.90 Å². The van der Waals surface area contributed by atoms with Gasteiger partial charge in [-0.2, -0.15) is 23.1 Å². The maximum atomic E-state index is 16.7. The van der Waals surface area contributed by atoms with E-state index >= 15 is 4.39 Å². The highest BCUT2D eigenvalue weighted by Crippen LogP contribution is 2.50. The summed E-state index contributed by atoms with van der Waals surface area (Å²) < 4.78 is 86.3. The molecule has 3 aromatic rings. The fraction of sp³-hybridized carbons (Fsp3) is 0.567. The highest BCUT2D eigenvalue weighted by Gasteiger charge is 2.52. The number of nitrogens with one attached hydrogen (secondary N) is 1. The van der Waals surface area contributed by atoms with E-state index in [4.69, 9.17) is 31.8 Å². The molecule has 248 valence electrons. The van der Waals surface area contributed by atoms with Crippen molar-refractivity contribution in [1.82, 2.24) is 25.2 Å². The van der Waals surface area contributed by atoms with Crippen molar-refractivity contribution in [2.24, 2.45) is 0 Å². The molecule has 3 fully saturated rings. The topological polar surface area (TPSA) is 122 Å². The summed E-state index contributed by atoms with van der Waals surface area (Å²) in [5, 5.41) is 12.8. The van der Waals surface area contributed by atoms with Crippen LogP contribution in [0.3, 0.4) is 0 Å². The first kappa shape index (κ1) is 31.3. The van der Waals surface area contributed by atoms with Crippen LogP contribution in [0, 0.1) is 5.82 Å². The molecular weight excluding hydrogens is 637 g/mol. The number of hydrogen-bond acceptors (Lipinski definition) is 10. The summed E-state index contributed by atoms with van der Waals surface area (Å²) >= 11 is 6.01. The Kier molecular flexibility index (Phi) is 7.61. The number of nitrogens with zero attached hydrogens (tertiary/aromatic N) is 5. The summed E-state index contributed by atoms with van der Waals surface area (Å²) in [4.78, 5) is 17.3. The van der Waals surface area contributed by atoms with Crippen molar-refractivity contribution in [1.29, 1.82) is 0 Å². The van der Waals surface area contributed by atoms with Crippen LogP contribution in [0.5, 0.6) is 11.9 Å². The van der Waals surface area contributed by atoms with Gasteiger partial charge in [0.2, 0.25) is 5.88 Å². The fourth-order valence-electron chi connectivity index (χ4n) is 7.62. The molecule has 1 aliphatic carbocycles. The number of nitrogens with two attached hydrogens (primary N) is 1. The Balaban J connectivity index is 1.43. The molecule has 0 bridgehead atoms. The lowest BCUT2D eigenvalue weighted by atomic mass is 9.73. The first-order valence-electron chi connectivity index (χ1n) is 15.2. The smallest absolute Gasteiger partial charge is 0.418 e.